The van der Waals surface area contributed by atoms with Crippen LogP contribution < -0.4 is 0 Å². The number of unbranched alkanes of at least 4 members (excludes halogenated alkanes) is 10. The monoisotopic (exact) mass is 854 g/mol. The molecule has 2 saturated heterocycles. The quantitative estimate of drug-likeness (QED) is 0.0285. The fourth-order valence-corrected chi connectivity index (χ4v) is 6.89. The topological polar surface area (TPSA) is 295 Å². The van der Waals surface area contributed by atoms with E-state index in [0.29, 0.717) is 32.1 Å². The van der Waals surface area contributed by atoms with Crippen molar-refractivity contribution in [3.63, 3.8) is 0 Å². The van der Waals surface area contributed by atoms with Gasteiger partial charge in [0.1, 0.15) is 55.9 Å². The van der Waals surface area contributed by atoms with Crippen LogP contribution in [0.5, 0.6) is 0 Å². The van der Waals surface area contributed by atoms with Gasteiger partial charge in [0.15, 0.2) is 18.7 Å². The Balaban J connectivity index is 1.97. The Morgan fingerprint density at radius 1 is 0.576 bits per heavy atom. The molecule has 13 atom stereocenters. The number of ether oxygens (including phenoxy) is 7. The van der Waals surface area contributed by atoms with Gasteiger partial charge >= 0.3 is 23.9 Å². The maximum Gasteiger partial charge on any atom is 0.308 e. The number of carboxylic acids is 1. The van der Waals surface area contributed by atoms with Crippen LogP contribution in [0.1, 0.15) is 130 Å². The number of rotatable bonds is 30. The zero-order chi connectivity index (χ0) is 43.9. The van der Waals surface area contributed by atoms with Gasteiger partial charge in [0.25, 0.3) is 0 Å². The minimum Gasteiger partial charge on any atom is -0.481 e. The van der Waals surface area contributed by atoms with Crippen LogP contribution in [-0.2, 0) is 52.3 Å². The van der Waals surface area contributed by atoms with Crippen LogP contribution >= 0.6 is 0 Å². The maximum atomic E-state index is 12.9. The molecule has 0 aromatic heterocycles. The predicted octanol–water partition coefficient (Wildman–Crippen LogP) is 1.14. The SMILES string of the molecule is CCCCC[C@H](O)CC(=O)O[C@H]1[C@H](O[C@H]2[C@H](O)[C@@H](O)[C@H](OC[C@@H](O)CCCCCCCCCCC[C@@H](O)CC(=O)O)O[C@@H]2COC(C)=O)O[C@H](COC(C)=O)[C@@H](O)[C@@H]1O. The van der Waals surface area contributed by atoms with Gasteiger partial charge in [-0.25, -0.2) is 0 Å². The Bertz CT molecular complexity index is 1210. The standard InChI is InChI=1S/C40H70O19/c1-4-5-13-16-27(44)20-32(48)58-38-34(50)33(49)29(22-53-24(2)41)56-40(38)59-37-30(23-54-25(3)42)57-39(36(52)35(37)51)55-21-28(45)18-15-12-10-8-6-7-9-11-14-17-26(43)19-31(46)47/h26-30,33-40,43-45,49-52H,4-23H2,1-3H3,(H,46,47)/t26-,27+,28+,29-,30-,33-,34+,35-,36-,37-,38-,39-,40+/m1/s1. The van der Waals surface area contributed by atoms with E-state index in [1.165, 1.54) is 0 Å². The van der Waals surface area contributed by atoms with Crippen LogP contribution in [0.15, 0.2) is 0 Å². The number of hydrogen-bond acceptors (Lipinski definition) is 18. The Labute approximate surface area is 346 Å². The lowest BCUT2D eigenvalue weighted by atomic mass is 9.96. The fraction of sp³-hybridized carbons (Fsp3) is 0.900. The van der Waals surface area contributed by atoms with Gasteiger partial charge in [-0.2, -0.15) is 0 Å². The molecule has 2 rings (SSSR count). The molecule has 0 radical (unpaired) electrons. The van der Waals surface area contributed by atoms with Gasteiger partial charge in [-0.1, -0.05) is 84.0 Å². The first-order valence-electron chi connectivity index (χ1n) is 21.1. The summed E-state index contributed by atoms with van der Waals surface area (Å²) in [6.45, 7) is 2.89. The molecule has 0 aliphatic carbocycles. The van der Waals surface area contributed by atoms with Crippen molar-refractivity contribution in [2.24, 2.45) is 0 Å². The van der Waals surface area contributed by atoms with Crippen molar-refractivity contribution < 1.29 is 93.2 Å². The lowest BCUT2D eigenvalue weighted by Gasteiger charge is -2.46. The number of carbonyl (C=O) groups is 4. The second-order valence-electron chi connectivity index (χ2n) is 15.6. The molecule has 0 saturated carbocycles. The van der Waals surface area contributed by atoms with Crippen molar-refractivity contribution in [2.75, 3.05) is 19.8 Å². The van der Waals surface area contributed by atoms with Crippen LogP contribution in [0.3, 0.4) is 0 Å². The summed E-state index contributed by atoms with van der Waals surface area (Å²) in [6, 6.07) is 0. The Morgan fingerprint density at radius 3 is 1.59 bits per heavy atom. The molecule has 2 aliphatic heterocycles. The number of carboxylic acid groups (broad SMARTS) is 1. The summed E-state index contributed by atoms with van der Waals surface area (Å²) < 4.78 is 38.8. The molecule has 19 nitrogen and oxygen atoms in total. The first-order valence-corrected chi connectivity index (χ1v) is 21.1. The van der Waals surface area contributed by atoms with Crippen molar-refractivity contribution >= 4 is 23.9 Å². The van der Waals surface area contributed by atoms with Crippen LogP contribution in [-0.4, -0.2) is 164 Å². The summed E-state index contributed by atoms with van der Waals surface area (Å²) in [5.74, 6) is -3.40. The zero-order valence-corrected chi connectivity index (χ0v) is 34.7. The summed E-state index contributed by atoms with van der Waals surface area (Å²) in [4.78, 5) is 46.8. The Morgan fingerprint density at radius 2 is 1.05 bits per heavy atom. The molecule has 19 heteroatoms. The molecular weight excluding hydrogens is 784 g/mol. The highest BCUT2D eigenvalue weighted by Crippen LogP contribution is 2.32. The van der Waals surface area contributed by atoms with E-state index < -0.39 is 123 Å². The normalized spacial score (nSPS) is 28.6. The van der Waals surface area contributed by atoms with E-state index in [2.05, 4.69) is 0 Å². The third-order valence-electron chi connectivity index (χ3n) is 10.2. The molecule has 0 aromatic carbocycles. The molecule has 8 N–H and O–H groups in total. The second kappa shape index (κ2) is 28.9. The first kappa shape index (κ1) is 52.6. The molecule has 344 valence electrons. The molecule has 2 aliphatic rings. The van der Waals surface area contributed by atoms with Crippen molar-refractivity contribution in [3.05, 3.63) is 0 Å². The molecule has 2 fully saturated rings. The minimum absolute atomic E-state index is 0.231. The van der Waals surface area contributed by atoms with Crippen molar-refractivity contribution in [1.82, 2.24) is 0 Å². The van der Waals surface area contributed by atoms with Crippen LogP contribution in [0, 0.1) is 0 Å². The molecular formula is C40H70O19. The van der Waals surface area contributed by atoms with Gasteiger partial charge in [-0.15, -0.1) is 0 Å². The van der Waals surface area contributed by atoms with E-state index in [1.54, 1.807) is 0 Å². The minimum atomic E-state index is -1.87. The number of aliphatic hydroxyl groups is 7. The average molecular weight is 855 g/mol. The zero-order valence-electron chi connectivity index (χ0n) is 34.7. The van der Waals surface area contributed by atoms with E-state index in [-0.39, 0.29) is 13.0 Å². The van der Waals surface area contributed by atoms with E-state index in [1.807, 2.05) is 6.92 Å². The summed E-state index contributed by atoms with van der Waals surface area (Å²) in [7, 11) is 0. The molecule has 0 bridgehead atoms. The summed E-state index contributed by atoms with van der Waals surface area (Å²) in [5, 5.41) is 83.5. The molecule has 0 unspecified atom stereocenters. The molecule has 59 heavy (non-hydrogen) atoms. The first-order chi connectivity index (χ1) is 28.0. The maximum absolute atomic E-state index is 12.9. The lowest BCUT2D eigenvalue weighted by Crippen LogP contribution is -2.65. The largest absolute Gasteiger partial charge is 0.481 e. The van der Waals surface area contributed by atoms with Crippen molar-refractivity contribution in [1.29, 1.82) is 0 Å². The van der Waals surface area contributed by atoms with Gasteiger partial charge in [0.2, 0.25) is 0 Å². The highest BCUT2D eigenvalue weighted by molar-refractivity contribution is 5.70. The molecule has 0 aromatic rings. The predicted molar refractivity (Wildman–Crippen MR) is 205 cm³/mol. The van der Waals surface area contributed by atoms with E-state index in [9.17, 15) is 54.9 Å². The van der Waals surface area contributed by atoms with Crippen LogP contribution in [0.4, 0.5) is 0 Å². The summed E-state index contributed by atoms with van der Waals surface area (Å²) in [6.07, 6.45) is -8.11. The number of hydrogen-bond donors (Lipinski definition) is 8. The van der Waals surface area contributed by atoms with Crippen molar-refractivity contribution in [3.8, 4) is 0 Å². The second-order valence-corrected chi connectivity index (χ2v) is 15.6. The fourth-order valence-electron chi connectivity index (χ4n) is 6.89. The highest BCUT2D eigenvalue weighted by Gasteiger charge is 2.53. The van der Waals surface area contributed by atoms with Gasteiger partial charge < -0.3 is 74.0 Å². The smallest absolute Gasteiger partial charge is 0.308 e. The van der Waals surface area contributed by atoms with E-state index >= 15 is 0 Å². The number of aliphatic carboxylic acids is 1. The third-order valence-corrected chi connectivity index (χ3v) is 10.2. The van der Waals surface area contributed by atoms with E-state index in [4.69, 9.17) is 38.3 Å². The molecule has 0 amide bonds. The molecule has 2 heterocycles. The number of carbonyl (C=O) groups excluding carboxylic acids is 3. The number of aliphatic hydroxyl groups excluding tert-OH is 7. The summed E-state index contributed by atoms with van der Waals surface area (Å²) >= 11 is 0. The Hall–Kier alpha value is -2.56. The van der Waals surface area contributed by atoms with E-state index in [0.717, 1.165) is 78.1 Å². The van der Waals surface area contributed by atoms with Gasteiger partial charge in [0.05, 0.1) is 37.8 Å². The Kier molecular flexibility index (Phi) is 25.7. The van der Waals surface area contributed by atoms with Gasteiger partial charge in [0, 0.05) is 13.8 Å². The van der Waals surface area contributed by atoms with Crippen molar-refractivity contribution in [2.45, 2.75) is 210 Å². The lowest BCUT2D eigenvalue weighted by molar-refractivity contribution is -0.361. The van der Waals surface area contributed by atoms with Crippen LogP contribution in [0.25, 0.3) is 0 Å². The number of esters is 3. The van der Waals surface area contributed by atoms with Gasteiger partial charge in [-0.05, 0) is 19.3 Å². The highest BCUT2D eigenvalue weighted by atomic mass is 16.8. The molecule has 0 spiro atoms. The van der Waals surface area contributed by atoms with Gasteiger partial charge in [-0.3, -0.25) is 19.2 Å². The third kappa shape index (κ3) is 20.7. The average Bonchev–Trinajstić information content (AvgIpc) is 3.16. The summed E-state index contributed by atoms with van der Waals surface area (Å²) in [5.41, 5.74) is 0. The van der Waals surface area contributed by atoms with Crippen LogP contribution in [0.2, 0.25) is 0 Å².